The third-order valence-electron chi connectivity index (χ3n) is 2.05. The van der Waals surface area contributed by atoms with Crippen molar-refractivity contribution in [3.63, 3.8) is 0 Å². The van der Waals surface area contributed by atoms with Crippen LogP contribution in [0.15, 0.2) is 18.3 Å². The Morgan fingerprint density at radius 3 is 2.69 bits per heavy atom. The maximum absolute atomic E-state index is 5.74. The molecular weight excluding hydrogens is 188 g/mol. The topological polar surface area (TPSA) is 25.4 Å². The van der Waals surface area contributed by atoms with Crippen molar-refractivity contribution in [2.45, 2.75) is 0 Å². The van der Waals surface area contributed by atoms with Gasteiger partial charge in [0.2, 0.25) is 0 Å². The Morgan fingerprint density at radius 2 is 2.08 bits per heavy atom. The molecule has 1 aromatic heterocycles. The van der Waals surface area contributed by atoms with E-state index < -0.39 is 0 Å². The van der Waals surface area contributed by atoms with E-state index in [-0.39, 0.29) is 0 Å². The van der Waals surface area contributed by atoms with E-state index in [2.05, 4.69) is 9.88 Å². The van der Waals surface area contributed by atoms with Crippen molar-refractivity contribution < 1.29 is 4.74 Å². The Balaban J connectivity index is 2.10. The fourth-order valence-corrected chi connectivity index (χ4v) is 1.46. The third kappa shape index (κ3) is 2.11. The Bertz CT molecular complexity index is 269. The normalized spacial score (nSPS) is 17.5. The molecule has 0 bridgehead atoms. The Kier molecular flexibility index (Phi) is 2.66. The molecule has 1 aliphatic rings. The SMILES string of the molecule is Clc1ccc(N2CCOCC2)nc1. The first-order chi connectivity index (χ1) is 6.36. The minimum atomic E-state index is 0.678. The summed E-state index contributed by atoms with van der Waals surface area (Å²) in [5.74, 6) is 0.979. The summed E-state index contributed by atoms with van der Waals surface area (Å²) in [6.07, 6.45) is 1.67. The number of ether oxygens (including phenoxy) is 1. The summed E-state index contributed by atoms with van der Waals surface area (Å²) in [4.78, 5) is 6.43. The standard InChI is InChI=1S/C9H11ClN2O/c10-8-1-2-9(11-7-8)12-3-5-13-6-4-12/h1-2,7H,3-6H2. The first-order valence-electron chi connectivity index (χ1n) is 4.30. The summed E-state index contributed by atoms with van der Waals surface area (Å²) in [5.41, 5.74) is 0. The summed E-state index contributed by atoms with van der Waals surface area (Å²) in [7, 11) is 0. The highest BCUT2D eigenvalue weighted by Crippen LogP contribution is 2.14. The Morgan fingerprint density at radius 1 is 1.31 bits per heavy atom. The molecule has 0 N–H and O–H groups in total. The smallest absolute Gasteiger partial charge is 0.128 e. The fraction of sp³-hybridized carbons (Fsp3) is 0.444. The number of nitrogens with zero attached hydrogens (tertiary/aromatic N) is 2. The van der Waals surface area contributed by atoms with E-state index in [1.165, 1.54) is 0 Å². The third-order valence-corrected chi connectivity index (χ3v) is 2.27. The Hall–Kier alpha value is -0.800. The molecule has 0 aromatic carbocycles. The molecule has 0 unspecified atom stereocenters. The van der Waals surface area contributed by atoms with Crippen LogP contribution in [0.25, 0.3) is 0 Å². The highest BCUT2D eigenvalue weighted by molar-refractivity contribution is 6.30. The largest absolute Gasteiger partial charge is 0.378 e. The lowest BCUT2D eigenvalue weighted by Crippen LogP contribution is -2.36. The van der Waals surface area contributed by atoms with Crippen LogP contribution in [0.1, 0.15) is 0 Å². The van der Waals surface area contributed by atoms with Gasteiger partial charge < -0.3 is 9.64 Å². The van der Waals surface area contributed by atoms with E-state index >= 15 is 0 Å². The molecule has 1 aliphatic heterocycles. The molecule has 4 heteroatoms. The summed E-state index contributed by atoms with van der Waals surface area (Å²) in [6, 6.07) is 3.80. The van der Waals surface area contributed by atoms with Crippen molar-refractivity contribution in [3.8, 4) is 0 Å². The van der Waals surface area contributed by atoms with Gasteiger partial charge in [0.1, 0.15) is 5.82 Å². The summed E-state index contributed by atoms with van der Waals surface area (Å²) in [6.45, 7) is 3.39. The maximum atomic E-state index is 5.74. The van der Waals surface area contributed by atoms with Crippen molar-refractivity contribution in [1.29, 1.82) is 0 Å². The summed E-state index contributed by atoms with van der Waals surface area (Å²) >= 11 is 5.74. The van der Waals surface area contributed by atoms with Crippen LogP contribution in [0.4, 0.5) is 5.82 Å². The van der Waals surface area contributed by atoms with Crippen LogP contribution in [0.3, 0.4) is 0 Å². The Labute approximate surface area is 82.3 Å². The van der Waals surface area contributed by atoms with Gasteiger partial charge in [-0.15, -0.1) is 0 Å². The minimum absolute atomic E-state index is 0.678. The number of hydrogen-bond donors (Lipinski definition) is 0. The van der Waals surface area contributed by atoms with E-state index in [9.17, 15) is 0 Å². The molecule has 0 amide bonds. The van der Waals surface area contributed by atoms with E-state index in [0.29, 0.717) is 5.02 Å². The number of morpholine rings is 1. The average Bonchev–Trinajstić information content (AvgIpc) is 2.20. The molecule has 0 aliphatic carbocycles. The minimum Gasteiger partial charge on any atom is -0.378 e. The molecule has 0 radical (unpaired) electrons. The average molecular weight is 199 g/mol. The van der Waals surface area contributed by atoms with E-state index in [0.717, 1.165) is 32.1 Å². The van der Waals surface area contributed by atoms with E-state index in [1.54, 1.807) is 6.20 Å². The van der Waals surface area contributed by atoms with Gasteiger partial charge in [0.15, 0.2) is 0 Å². The van der Waals surface area contributed by atoms with Crippen LogP contribution >= 0.6 is 11.6 Å². The van der Waals surface area contributed by atoms with Gasteiger partial charge in [0, 0.05) is 19.3 Å². The second kappa shape index (κ2) is 3.94. The van der Waals surface area contributed by atoms with Crippen LogP contribution in [0.5, 0.6) is 0 Å². The second-order valence-electron chi connectivity index (χ2n) is 2.93. The second-order valence-corrected chi connectivity index (χ2v) is 3.37. The molecule has 1 saturated heterocycles. The van der Waals surface area contributed by atoms with Gasteiger partial charge in [0.05, 0.1) is 18.2 Å². The van der Waals surface area contributed by atoms with Crippen LogP contribution in [-0.4, -0.2) is 31.3 Å². The zero-order valence-corrected chi connectivity index (χ0v) is 8.00. The van der Waals surface area contributed by atoms with Gasteiger partial charge in [-0.1, -0.05) is 11.6 Å². The molecule has 3 nitrogen and oxygen atoms in total. The first-order valence-corrected chi connectivity index (χ1v) is 4.68. The molecule has 2 heterocycles. The lowest BCUT2D eigenvalue weighted by atomic mass is 10.4. The van der Waals surface area contributed by atoms with Crippen molar-refractivity contribution in [3.05, 3.63) is 23.4 Å². The molecule has 70 valence electrons. The summed E-state index contributed by atoms with van der Waals surface area (Å²) < 4.78 is 5.25. The number of aromatic nitrogens is 1. The molecule has 0 saturated carbocycles. The number of halogens is 1. The van der Waals surface area contributed by atoms with Crippen LogP contribution < -0.4 is 4.90 Å². The lowest BCUT2D eigenvalue weighted by molar-refractivity contribution is 0.122. The quantitative estimate of drug-likeness (QED) is 0.685. The van der Waals surface area contributed by atoms with Crippen molar-refractivity contribution >= 4 is 17.4 Å². The number of anilines is 1. The monoisotopic (exact) mass is 198 g/mol. The number of pyridine rings is 1. The molecule has 0 spiro atoms. The molecule has 1 aromatic rings. The predicted octanol–water partition coefficient (Wildman–Crippen LogP) is 1.57. The molecule has 1 fully saturated rings. The van der Waals surface area contributed by atoms with Gasteiger partial charge in [-0.3, -0.25) is 0 Å². The molecule has 2 rings (SSSR count). The first kappa shape index (κ1) is 8.78. The van der Waals surface area contributed by atoms with Gasteiger partial charge in [-0.2, -0.15) is 0 Å². The van der Waals surface area contributed by atoms with Crippen molar-refractivity contribution in [1.82, 2.24) is 4.98 Å². The zero-order valence-electron chi connectivity index (χ0n) is 7.24. The van der Waals surface area contributed by atoms with Crippen LogP contribution in [-0.2, 0) is 4.74 Å². The molecule has 0 atom stereocenters. The predicted molar refractivity (Wildman–Crippen MR) is 52.3 cm³/mol. The zero-order chi connectivity index (χ0) is 9.10. The van der Waals surface area contributed by atoms with Crippen molar-refractivity contribution in [2.75, 3.05) is 31.2 Å². The highest BCUT2D eigenvalue weighted by atomic mass is 35.5. The van der Waals surface area contributed by atoms with Crippen LogP contribution in [0, 0.1) is 0 Å². The lowest BCUT2D eigenvalue weighted by Gasteiger charge is -2.27. The molecule has 13 heavy (non-hydrogen) atoms. The van der Waals surface area contributed by atoms with Gasteiger partial charge in [0.25, 0.3) is 0 Å². The summed E-state index contributed by atoms with van der Waals surface area (Å²) in [5, 5.41) is 0.678. The number of rotatable bonds is 1. The van der Waals surface area contributed by atoms with Crippen molar-refractivity contribution in [2.24, 2.45) is 0 Å². The van der Waals surface area contributed by atoms with Crippen LogP contribution in [0.2, 0.25) is 5.02 Å². The highest BCUT2D eigenvalue weighted by Gasteiger charge is 2.11. The van der Waals surface area contributed by atoms with Gasteiger partial charge in [-0.25, -0.2) is 4.98 Å². The van der Waals surface area contributed by atoms with Gasteiger partial charge in [-0.05, 0) is 12.1 Å². The fourth-order valence-electron chi connectivity index (χ4n) is 1.35. The van der Waals surface area contributed by atoms with Gasteiger partial charge >= 0.3 is 0 Å². The molecular formula is C9H11ClN2O. The van der Waals surface area contributed by atoms with E-state index in [4.69, 9.17) is 16.3 Å². The maximum Gasteiger partial charge on any atom is 0.128 e. The number of hydrogen-bond acceptors (Lipinski definition) is 3. The van der Waals surface area contributed by atoms with E-state index in [1.807, 2.05) is 12.1 Å².